The van der Waals surface area contributed by atoms with Crippen LogP contribution >= 0.6 is 0 Å². The molecule has 5 nitrogen and oxygen atoms in total. The maximum Gasteiger partial charge on any atom is 0.261 e. The number of carbonyl (C=O) groups is 1. The van der Waals surface area contributed by atoms with Crippen LogP contribution in [0.2, 0.25) is 0 Å². The van der Waals surface area contributed by atoms with Crippen LogP contribution in [0.3, 0.4) is 0 Å². The molecule has 0 bridgehead atoms. The van der Waals surface area contributed by atoms with E-state index in [0.717, 1.165) is 16.6 Å². The van der Waals surface area contributed by atoms with E-state index in [9.17, 15) is 9.90 Å². The molecule has 0 saturated carbocycles. The van der Waals surface area contributed by atoms with Gasteiger partial charge in [-0.3, -0.25) is 4.79 Å². The number of fused-ring (bicyclic) bond motifs is 1. The van der Waals surface area contributed by atoms with Crippen LogP contribution in [0.4, 0.5) is 0 Å². The average molecular weight is 305 g/mol. The summed E-state index contributed by atoms with van der Waals surface area (Å²) in [5.74, 6) is 0.277. The number of carbonyl (C=O) groups excluding carboxylic acids is 1. The van der Waals surface area contributed by atoms with Gasteiger partial charge in [0.25, 0.3) is 5.91 Å². The zero-order valence-electron chi connectivity index (χ0n) is 12.4. The van der Waals surface area contributed by atoms with Crippen LogP contribution in [-0.4, -0.2) is 32.4 Å². The number of para-hydroxylation sites is 2. The van der Waals surface area contributed by atoms with Gasteiger partial charge < -0.3 is 15.0 Å². The predicted molar refractivity (Wildman–Crippen MR) is 87.5 cm³/mol. The molecule has 0 fully saturated rings. The summed E-state index contributed by atoms with van der Waals surface area (Å²) in [5.41, 5.74) is 2.91. The molecule has 2 aromatic carbocycles. The topological polar surface area (TPSA) is 69.2 Å². The Hall–Kier alpha value is -3.08. The number of H-pyrrole nitrogens is 1. The van der Waals surface area contributed by atoms with Crippen molar-refractivity contribution in [3.05, 3.63) is 71.7 Å². The lowest BCUT2D eigenvalue weighted by atomic mass is 10.2. The molecule has 2 N–H and O–H groups in total. The van der Waals surface area contributed by atoms with Crippen LogP contribution in [0.15, 0.2) is 60.4 Å². The Morgan fingerprint density at radius 3 is 2.61 bits per heavy atom. The van der Waals surface area contributed by atoms with Gasteiger partial charge in [0.2, 0.25) is 0 Å². The predicted octanol–water partition coefficient (Wildman–Crippen LogP) is 2.87. The molecule has 1 aromatic heterocycles. The van der Waals surface area contributed by atoms with E-state index in [2.05, 4.69) is 9.97 Å². The summed E-state index contributed by atoms with van der Waals surface area (Å²) >= 11 is 0. The fraction of sp³-hybridized carbons (Fsp3) is 0.111. The lowest BCUT2D eigenvalue weighted by Gasteiger charge is -2.15. The molecule has 0 unspecified atom stereocenters. The second-order valence-electron chi connectivity index (χ2n) is 5.57. The first-order valence-electron chi connectivity index (χ1n) is 7.43. The summed E-state index contributed by atoms with van der Waals surface area (Å²) in [6.45, 7) is 0.674. The second kappa shape index (κ2) is 5.28. The SMILES string of the molecule is O=C1C(c2nc3ccccc3[nH]2)=C(O)CN1Cc1ccccc1. The number of amides is 1. The summed E-state index contributed by atoms with van der Waals surface area (Å²) in [4.78, 5) is 21.8. The Bertz CT molecular complexity index is 879. The highest BCUT2D eigenvalue weighted by Gasteiger charge is 2.33. The zero-order valence-corrected chi connectivity index (χ0v) is 12.4. The number of hydrogen-bond donors (Lipinski definition) is 2. The first-order chi connectivity index (χ1) is 11.2. The maximum absolute atomic E-state index is 12.6. The van der Waals surface area contributed by atoms with Gasteiger partial charge in [-0.15, -0.1) is 0 Å². The number of aliphatic hydroxyl groups excluding tert-OH is 1. The van der Waals surface area contributed by atoms with Gasteiger partial charge in [0.15, 0.2) is 0 Å². The number of imidazole rings is 1. The van der Waals surface area contributed by atoms with Crippen LogP contribution in [-0.2, 0) is 11.3 Å². The summed E-state index contributed by atoms with van der Waals surface area (Å²) in [5, 5.41) is 10.2. The Kier molecular flexibility index (Phi) is 3.12. The van der Waals surface area contributed by atoms with E-state index >= 15 is 0 Å². The van der Waals surface area contributed by atoms with Crippen LogP contribution < -0.4 is 0 Å². The van der Waals surface area contributed by atoms with Crippen molar-refractivity contribution in [1.29, 1.82) is 0 Å². The number of aliphatic hydroxyl groups is 1. The molecule has 0 atom stereocenters. The number of benzene rings is 2. The van der Waals surface area contributed by atoms with Gasteiger partial charge in [0.05, 0.1) is 17.6 Å². The molecule has 0 saturated heterocycles. The fourth-order valence-electron chi connectivity index (χ4n) is 2.85. The highest BCUT2D eigenvalue weighted by atomic mass is 16.3. The summed E-state index contributed by atoms with van der Waals surface area (Å²) in [7, 11) is 0. The van der Waals surface area contributed by atoms with Crippen molar-refractivity contribution in [2.45, 2.75) is 6.54 Å². The van der Waals surface area contributed by atoms with Gasteiger partial charge in [-0.2, -0.15) is 0 Å². The standard InChI is InChI=1S/C18H15N3O2/c22-15-11-21(10-12-6-2-1-3-7-12)18(23)16(15)17-19-13-8-4-5-9-14(13)20-17/h1-9,22H,10-11H2,(H,19,20). The van der Waals surface area contributed by atoms with E-state index < -0.39 is 0 Å². The van der Waals surface area contributed by atoms with Crippen molar-refractivity contribution in [3.63, 3.8) is 0 Å². The molecule has 2 heterocycles. The van der Waals surface area contributed by atoms with Gasteiger partial charge in [-0.1, -0.05) is 42.5 Å². The maximum atomic E-state index is 12.6. The molecular formula is C18H15N3O2. The van der Waals surface area contributed by atoms with E-state index in [-0.39, 0.29) is 23.8 Å². The molecular weight excluding hydrogens is 290 g/mol. The average Bonchev–Trinajstić information content (AvgIpc) is 3.09. The van der Waals surface area contributed by atoms with E-state index in [1.54, 1.807) is 4.90 Å². The molecule has 5 heteroatoms. The van der Waals surface area contributed by atoms with Crippen molar-refractivity contribution in [1.82, 2.24) is 14.9 Å². The minimum absolute atomic E-state index is 0.0602. The third-order valence-electron chi connectivity index (χ3n) is 3.97. The quantitative estimate of drug-likeness (QED) is 0.781. The van der Waals surface area contributed by atoms with E-state index in [0.29, 0.717) is 12.4 Å². The lowest BCUT2D eigenvalue weighted by molar-refractivity contribution is -0.124. The lowest BCUT2D eigenvalue weighted by Crippen LogP contribution is -2.26. The third kappa shape index (κ3) is 2.36. The molecule has 0 aliphatic carbocycles. The smallest absolute Gasteiger partial charge is 0.261 e. The van der Waals surface area contributed by atoms with Crippen molar-refractivity contribution in [2.24, 2.45) is 0 Å². The minimum Gasteiger partial charge on any atom is -0.509 e. The number of nitrogens with one attached hydrogen (secondary N) is 1. The third-order valence-corrected chi connectivity index (χ3v) is 3.97. The number of nitrogens with zero attached hydrogens (tertiary/aromatic N) is 2. The molecule has 1 amide bonds. The van der Waals surface area contributed by atoms with Crippen LogP contribution in [0, 0.1) is 0 Å². The van der Waals surface area contributed by atoms with Gasteiger partial charge in [-0.25, -0.2) is 4.98 Å². The first-order valence-corrected chi connectivity index (χ1v) is 7.43. The largest absolute Gasteiger partial charge is 0.509 e. The summed E-state index contributed by atoms with van der Waals surface area (Å²) < 4.78 is 0. The molecule has 0 spiro atoms. The Labute approximate surface area is 132 Å². The number of aromatic amines is 1. The first kappa shape index (κ1) is 13.6. The van der Waals surface area contributed by atoms with Crippen LogP contribution in [0.25, 0.3) is 16.6 Å². The van der Waals surface area contributed by atoms with Crippen molar-refractivity contribution in [2.75, 3.05) is 6.54 Å². The molecule has 1 aliphatic heterocycles. The van der Waals surface area contributed by atoms with E-state index in [1.165, 1.54) is 0 Å². The summed E-state index contributed by atoms with van der Waals surface area (Å²) in [6, 6.07) is 17.3. The highest BCUT2D eigenvalue weighted by molar-refractivity contribution is 6.21. The normalized spacial score (nSPS) is 15.0. The molecule has 23 heavy (non-hydrogen) atoms. The Balaban J connectivity index is 1.64. The van der Waals surface area contributed by atoms with Crippen molar-refractivity contribution >= 4 is 22.5 Å². The molecule has 3 aromatic rings. The number of hydrogen-bond acceptors (Lipinski definition) is 3. The van der Waals surface area contributed by atoms with Gasteiger partial charge in [-0.05, 0) is 17.7 Å². The highest BCUT2D eigenvalue weighted by Crippen LogP contribution is 2.27. The van der Waals surface area contributed by atoms with Crippen molar-refractivity contribution < 1.29 is 9.90 Å². The van der Waals surface area contributed by atoms with Gasteiger partial charge >= 0.3 is 0 Å². The minimum atomic E-state index is -0.203. The Morgan fingerprint density at radius 1 is 1.09 bits per heavy atom. The molecule has 4 rings (SSSR count). The van der Waals surface area contributed by atoms with E-state index in [1.807, 2.05) is 54.6 Å². The molecule has 0 radical (unpaired) electrons. The van der Waals surface area contributed by atoms with Crippen molar-refractivity contribution in [3.8, 4) is 0 Å². The molecule has 114 valence electrons. The Morgan fingerprint density at radius 2 is 1.83 bits per heavy atom. The van der Waals surface area contributed by atoms with E-state index in [4.69, 9.17) is 0 Å². The monoisotopic (exact) mass is 305 g/mol. The fourth-order valence-corrected chi connectivity index (χ4v) is 2.85. The van der Waals surface area contributed by atoms with Gasteiger partial charge in [0, 0.05) is 6.54 Å². The molecule has 1 aliphatic rings. The van der Waals surface area contributed by atoms with Gasteiger partial charge in [0.1, 0.15) is 17.2 Å². The second-order valence-corrected chi connectivity index (χ2v) is 5.57. The number of aromatic nitrogens is 2. The number of rotatable bonds is 3. The van der Waals surface area contributed by atoms with Crippen LogP contribution in [0.1, 0.15) is 11.4 Å². The zero-order chi connectivity index (χ0) is 15.8. The van der Waals surface area contributed by atoms with Crippen LogP contribution in [0.5, 0.6) is 0 Å². The summed E-state index contributed by atoms with van der Waals surface area (Å²) in [6.07, 6.45) is 0.